The first-order valence-corrected chi connectivity index (χ1v) is 9.05. The van der Waals surface area contributed by atoms with Crippen molar-refractivity contribution in [3.63, 3.8) is 0 Å². The molecule has 0 unspecified atom stereocenters. The maximum absolute atomic E-state index is 6.19. The van der Waals surface area contributed by atoms with Crippen LogP contribution in [0.15, 0.2) is 65.7 Å². The van der Waals surface area contributed by atoms with Crippen molar-refractivity contribution in [2.24, 2.45) is 4.99 Å². The minimum absolute atomic E-state index is 0.383. The highest BCUT2D eigenvalue weighted by Gasteiger charge is 2.03. The van der Waals surface area contributed by atoms with Gasteiger partial charge in [-0.2, -0.15) is 0 Å². The predicted molar refractivity (Wildman–Crippen MR) is 110 cm³/mol. The zero-order chi connectivity index (χ0) is 18.5. The van der Waals surface area contributed by atoms with E-state index in [-0.39, 0.29) is 0 Å². The molecule has 0 radical (unpaired) electrons. The minimum atomic E-state index is 0.383. The molecule has 0 aliphatic rings. The van der Waals surface area contributed by atoms with E-state index in [1.807, 2.05) is 36.5 Å². The van der Waals surface area contributed by atoms with Crippen molar-refractivity contribution >= 4 is 35.1 Å². The van der Waals surface area contributed by atoms with Gasteiger partial charge in [-0.1, -0.05) is 53.5 Å². The second-order valence-electron chi connectivity index (χ2n) is 6.15. The summed E-state index contributed by atoms with van der Waals surface area (Å²) in [6.45, 7) is 4.50. The van der Waals surface area contributed by atoms with Gasteiger partial charge in [-0.05, 0) is 60.9 Å². The lowest BCUT2D eigenvalue weighted by Gasteiger charge is -2.08. The normalized spacial score (nSPS) is 11.1. The van der Waals surface area contributed by atoms with Crippen LogP contribution in [0.3, 0.4) is 0 Å². The van der Waals surface area contributed by atoms with E-state index in [1.54, 1.807) is 12.1 Å². The fourth-order valence-electron chi connectivity index (χ4n) is 2.49. The van der Waals surface area contributed by atoms with Gasteiger partial charge in [0.2, 0.25) is 0 Å². The van der Waals surface area contributed by atoms with Crippen LogP contribution in [0.1, 0.15) is 22.3 Å². The Balaban J connectivity index is 1.71. The molecule has 0 heterocycles. The third-order valence-electron chi connectivity index (χ3n) is 3.98. The van der Waals surface area contributed by atoms with Crippen molar-refractivity contribution in [1.82, 2.24) is 0 Å². The van der Waals surface area contributed by atoms with Crippen LogP contribution in [0.25, 0.3) is 0 Å². The van der Waals surface area contributed by atoms with Crippen molar-refractivity contribution in [2.45, 2.75) is 20.5 Å². The number of nitrogens with zero attached hydrogens (tertiary/aromatic N) is 1. The Morgan fingerprint density at radius 2 is 1.81 bits per heavy atom. The van der Waals surface area contributed by atoms with E-state index in [0.717, 1.165) is 28.1 Å². The molecule has 0 amide bonds. The molecule has 3 aromatic carbocycles. The van der Waals surface area contributed by atoms with E-state index in [2.05, 4.69) is 37.0 Å². The molecule has 0 spiro atoms. The van der Waals surface area contributed by atoms with Gasteiger partial charge >= 0.3 is 0 Å². The highest BCUT2D eigenvalue weighted by molar-refractivity contribution is 6.35. The highest BCUT2D eigenvalue weighted by atomic mass is 35.5. The molecule has 0 fully saturated rings. The highest BCUT2D eigenvalue weighted by Crippen LogP contribution is 2.23. The molecular formula is C22H19Cl2NO. The van der Waals surface area contributed by atoms with Gasteiger partial charge in [0.15, 0.2) is 0 Å². The van der Waals surface area contributed by atoms with E-state index in [1.165, 1.54) is 5.56 Å². The maximum Gasteiger partial charge on any atom is 0.120 e. The van der Waals surface area contributed by atoms with Crippen LogP contribution in [0.2, 0.25) is 10.0 Å². The zero-order valence-corrected chi connectivity index (χ0v) is 16.2. The number of benzene rings is 3. The number of halogens is 2. The molecule has 0 N–H and O–H groups in total. The van der Waals surface area contributed by atoms with Gasteiger partial charge in [0.25, 0.3) is 0 Å². The molecule has 26 heavy (non-hydrogen) atoms. The minimum Gasteiger partial charge on any atom is -0.489 e. The molecule has 4 heteroatoms. The Morgan fingerprint density at radius 1 is 0.962 bits per heavy atom. The second kappa shape index (κ2) is 8.39. The summed E-state index contributed by atoms with van der Waals surface area (Å²) in [5.41, 5.74) is 5.19. The van der Waals surface area contributed by atoms with Crippen LogP contribution >= 0.6 is 23.2 Å². The van der Waals surface area contributed by atoms with Crippen LogP contribution < -0.4 is 4.74 Å². The summed E-state index contributed by atoms with van der Waals surface area (Å²) < 4.78 is 5.86. The van der Waals surface area contributed by atoms with Gasteiger partial charge in [-0.15, -0.1) is 0 Å². The summed E-state index contributed by atoms with van der Waals surface area (Å²) in [6.07, 6.45) is 1.85. The van der Waals surface area contributed by atoms with Crippen LogP contribution in [0.4, 0.5) is 5.69 Å². The van der Waals surface area contributed by atoms with E-state index in [4.69, 9.17) is 27.9 Å². The SMILES string of the molecule is Cc1ccc(C)c(N=Cc2cccc(OCc3ccc(Cl)cc3Cl)c2)c1. The lowest BCUT2D eigenvalue weighted by atomic mass is 10.1. The second-order valence-corrected chi connectivity index (χ2v) is 6.99. The Morgan fingerprint density at radius 3 is 2.62 bits per heavy atom. The zero-order valence-electron chi connectivity index (χ0n) is 14.7. The molecule has 0 bridgehead atoms. The van der Waals surface area contributed by atoms with Gasteiger partial charge in [0.05, 0.1) is 5.69 Å². The number of aryl methyl sites for hydroxylation is 2. The van der Waals surface area contributed by atoms with E-state index < -0.39 is 0 Å². The molecule has 0 saturated heterocycles. The maximum atomic E-state index is 6.19. The fourth-order valence-corrected chi connectivity index (χ4v) is 2.95. The topological polar surface area (TPSA) is 21.6 Å². The Labute approximate surface area is 164 Å². The summed E-state index contributed by atoms with van der Waals surface area (Å²) in [7, 11) is 0. The van der Waals surface area contributed by atoms with Gasteiger partial charge in [0.1, 0.15) is 12.4 Å². The molecule has 132 valence electrons. The standard InChI is InChI=1S/C22H19Cl2NO/c1-15-6-7-16(2)22(10-15)25-13-17-4-3-5-20(11-17)26-14-18-8-9-19(23)12-21(18)24/h3-13H,14H2,1-2H3. The molecule has 3 rings (SSSR count). The fraction of sp³-hybridized carbons (Fsp3) is 0.136. The quantitative estimate of drug-likeness (QED) is 0.437. The van der Waals surface area contributed by atoms with Gasteiger partial charge in [-0.25, -0.2) is 0 Å². The summed E-state index contributed by atoms with van der Waals surface area (Å²) in [4.78, 5) is 4.60. The molecule has 0 aromatic heterocycles. The van der Waals surface area contributed by atoms with Gasteiger partial charge < -0.3 is 4.74 Å². The smallest absolute Gasteiger partial charge is 0.120 e. The average molecular weight is 384 g/mol. The molecule has 0 aliphatic heterocycles. The predicted octanol–water partition coefficient (Wildman–Crippen LogP) is 6.94. The number of hydrogen-bond acceptors (Lipinski definition) is 2. The van der Waals surface area contributed by atoms with E-state index in [9.17, 15) is 0 Å². The van der Waals surface area contributed by atoms with Crippen molar-refractivity contribution in [1.29, 1.82) is 0 Å². The summed E-state index contributed by atoms with van der Waals surface area (Å²) in [5, 5.41) is 1.22. The molecule has 2 nitrogen and oxygen atoms in total. The lowest BCUT2D eigenvalue weighted by Crippen LogP contribution is -1.96. The number of rotatable bonds is 5. The Bertz CT molecular complexity index is 951. The first-order chi connectivity index (χ1) is 12.5. The Kier molecular flexibility index (Phi) is 5.97. The first-order valence-electron chi connectivity index (χ1n) is 8.29. The molecular weight excluding hydrogens is 365 g/mol. The monoisotopic (exact) mass is 383 g/mol. The summed E-state index contributed by atoms with van der Waals surface area (Å²) in [5.74, 6) is 0.765. The van der Waals surface area contributed by atoms with Gasteiger partial charge in [0, 0.05) is 21.8 Å². The van der Waals surface area contributed by atoms with E-state index >= 15 is 0 Å². The van der Waals surface area contributed by atoms with Crippen LogP contribution in [0.5, 0.6) is 5.75 Å². The number of aliphatic imine (C=N–C) groups is 1. The number of hydrogen-bond donors (Lipinski definition) is 0. The summed E-state index contributed by atoms with van der Waals surface area (Å²) >= 11 is 12.1. The first kappa shape index (κ1) is 18.5. The molecule has 0 saturated carbocycles. The largest absolute Gasteiger partial charge is 0.489 e. The van der Waals surface area contributed by atoms with Crippen molar-refractivity contribution in [2.75, 3.05) is 0 Å². The van der Waals surface area contributed by atoms with Crippen LogP contribution in [0, 0.1) is 13.8 Å². The van der Waals surface area contributed by atoms with E-state index in [0.29, 0.717) is 16.7 Å². The van der Waals surface area contributed by atoms with Crippen molar-refractivity contribution in [3.05, 3.63) is 93.0 Å². The van der Waals surface area contributed by atoms with Crippen LogP contribution in [-0.4, -0.2) is 6.21 Å². The third-order valence-corrected chi connectivity index (χ3v) is 4.57. The van der Waals surface area contributed by atoms with Crippen molar-refractivity contribution in [3.8, 4) is 5.75 Å². The average Bonchev–Trinajstić information content (AvgIpc) is 2.62. The molecule has 0 atom stereocenters. The Hall–Kier alpha value is -2.29. The third kappa shape index (κ3) is 4.87. The van der Waals surface area contributed by atoms with Crippen LogP contribution in [-0.2, 0) is 6.61 Å². The number of ether oxygens (including phenoxy) is 1. The summed E-state index contributed by atoms with van der Waals surface area (Å²) in [6, 6.07) is 19.5. The molecule has 0 aliphatic carbocycles. The van der Waals surface area contributed by atoms with Crippen molar-refractivity contribution < 1.29 is 4.74 Å². The van der Waals surface area contributed by atoms with Gasteiger partial charge in [-0.3, -0.25) is 4.99 Å². The lowest BCUT2D eigenvalue weighted by molar-refractivity contribution is 0.306. The molecule has 3 aromatic rings.